The number of nitrogens with one attached hydrogen (secondary N) is 1. The van der Waals surface area contributed by atoms with E-state index in [1.54, 1.807) is 12.1 Å². The molecule has 0 radical (unpaired) electrons. The van der Waals surface area contributed by atoms with E-state index in [1.807, 2.05) is 55.4 Å². The minimum absolute atomic E-state index is 0.133. The molecule has 1 amide bonds. The highest BCUT2D eigenvalue weighted by atomic mass is 32.1. The Labute approximate surface area is 118 Å². The molecule has 19 heavy (non-hydrogen) atoms. The summed E-state index contributed by atoms with van der Waals surface area (Å²) >= 11 is 4.23. The second kappa shape index (κ2) is 5.80. The quantitative estimate of drug-likeness (QED) is 0.840. The van der Waals surface area contributed by atoms with Crippen LogP contribution in [-0.4, -0.2) is 20.0 Å². The number of carbonyl (C=O) groups is 1. The zero-order valence-corrected chi connectivity index (χ0v) is 11.8. The first-order chi connectivity index (χ1) is 9.06. The van der Waals surface area contributed by atoms with Gasteiger partial charge >= 0.3 is 0 Å². The van der Waals surface area contributed by atoms with Crippen molar-refractivity contribution in [1.29, 1.82) is 0 Å². The number of anilines is 2. The van der Waals surface area contributed by atoms with Gasteiger partial charge in [-0.2, -0.15) is 0 Å². The van der Waals surface area contributed by atoms with Gasteiger partial charge in [-0.1, -0.05) is 12.1 Å². The standard InChI is InChI=1S/C15H16N2OS/c1-17(2)13-7-4-6-12(10-13)16-15(18)11-5-3-8-14(19)9-11/h3-10,19H,1-2H3,(H,16,18). The van der Waals surface area contributed by atoms with Crippen LogP contribution in [0.1, 0.15) is 10.4 Å². The van der Waals surface area contributed by atoms with Crippen molar-refractivity contribution >= 4 is 29.9 Å². The number of thiol groups is 1. The molecule has 0 aliphatic heterocycles. The van der Waals surface area contributed by atoms with Gasteiger partial charge in [0.05, 0.1) is 0 Å². The fourth-order valence-electron chi connectivity index (χ4n) is 1.71. The molecule has 0 aromatic heterocycles. The third-order valence-corrected chi connectivity index (χ3v) is 3.01. The van der Waals surface area contributed by atoms with Crippen LogP contribution >= 0.6 is 12.6 Å². The first-order valence-electron chi connectivity index (χ1n) is 5.94. The maximum absolute atomic E-state index is 12.1. The van der Waals surface area contributed by atoms with Crippen molar-refractivity contribution in [3.63, 3.8) is 0 Å². The molecular weight excluding hydrogens is 256 g/mol. The van der Waals surface area contributed by atoms with E-state index in [-0.39, 0.29) is 5.91 Å². The van der Waals surface area contributed by atoms with Gasteiger partial charge in [0.1, 0.15) is 0 Å². The van der Waals surface area contributed by atoms with Gasteiger partial charge in [0.2, 0.25) is 0 Å². The highest BCUT2D eigenvalue weighted by molar-refractivity contribution is 7.80. The minimum Gasteiger partial charge on any atom is -0.378 e. The SMILES string of the molecule is CN(C)c1cccc(NC(=O)c2cccc(S)c2)c1. The van der Waals surface area contributed by atoms with Gasteiger partial charge in [-0.15, -0.1) is 12.6 Å². The van der Waals surface area contributed by atoms with E-state index in [4.69, 9.17) is 0 Å². The molecule has 1 N–H and O–H groups in total. The van der Waals surface area contributed by atoms with Crippen LogP contribution in [0.2, 0.25) is 0 Å². The number of nitrogens with zero attached hydrogens (tertiary/aromatic N) is 1. The Morgan fingerprint density at radius 3 is 2.53 bits per heavy atom. The van der Waals surface area contributed by atoms with Crippen molar-refractivity contribution < 1.29 is 4.79 Å². The van der Waals surface area contributed by atoms with Crippen molar-refractivity contribution in [1.82, 2.24) is 0 Å². The number of hydrogen-bond acceptors (Lipinski definition) is 3. The van der Waals surface area contributed by atoms with E-state index >= 15 is 0 Å². The molecule has 2 rings (SSSR count). The molecule has 2 aromatic rings. The molecule has 0 bridgehead atoms. The second-order valence-corrected chi connectivity index (χ2v) is 4.97. The molecule has 0 aliphatic carbocycles. The summed E-state index contributed by atoms with van der Waals surface area (Å²) in [6, 6.07) is 14.9. The van der Waals surface area contributed by atoms with Crippen molar-refractivity contribution in [2.24, 2.45) is 0 Å². The summed E-state index contributed by atoms with van der Waals surface area (Å²) in [5.41, 5.74) is 2.42. The van der Waals surface area contributed by atoms with Crippen LogP contribution in [0.4, 0.5) is 11.4 Å². The van der Waals surface area contributed by atoms with E-state index in [0.29, 0.717) is 5.56 Å². The number of carbonyl (C=O) groups excluding carboxylic acids is 1. The molecule has 0 saturated carbocycles. The molecule has 0 atom stereocenters. The Hall–Kier alpha value is -1.94. The highest BCUT2D eigenvalue weighted by Crippen LogP contribution is 2.18. The average Bonchev–Trinajstić information content (AvgIpc) is 2.39. The van der Waals surface area contributed by atoms with E-state index in [9.17, 15) is 4.79 Å². The maximum atomic E-state index is 12.1. The Bertz CT molecular complexity index is 596. The summed E-state index contributed by atoms with van der Waals surface area (Å²) in [5.74, 6) is -0.133. The zero-order valence-electron chi connectivity index (χ0n) is 10.9. The molecular formula is C15H16N2OS. The summed E-state index contributed by atoms with van der Waals surface area (Å²) in [6.45, 7) is 0. The van der Waals surface area contributed by atoms with Gasteiger partial charge in [0.25, 0.3) is 5.91 Å². The minimum atomic E-state index is -0.133. The molecule has 2 aromatic carbocycles. The lowest BCUT2D eigenvalue weighted by Crippen LogP contribution is -2.13. The normalized spacial score (nSPS) is 10.1. The van der Waals surface area contributed by atoms with Gasteiger partial charge in [-0.3, -0.25) is 4.79 Å². The molecule has 0 saturated heterocycles. The zero-order chi connectivity index (χ0) is 13.8. The Balaban J connectivity index is 2.17. The molecule has 0 spiro atoms. The predicted octanol–water partition coefficient (Wildman–Crippen LogP) is 3.29. The Morgan fingerprint density at radius 2 is 1.84 bits per heavy atom. The van der Waals surface area contributed by atoms with Crippen LogP contribution in [0.3, 0.4) is 0 Å². The van der Waals surface area contributed by atoms with Gasteiger partial charge in [-0.05, 0) is 36.4 Å². The summed E-state index contributed by atoms with van der Waals surface area (Å²) in [4.78, 5) is 14.9. The van der Waals surface area contributed by atoms with Crippen LogP contribution in [0.15, 0.2) is 53.4 Å². The maximum Gasteiger partial charge on any atom is 0.255 e. The van der Waals surface area contributed by atoms with E-state index < -0.39 is 0 Å². The van der Waals surface area contributed by atoms with Crippen molar-refractivity contribution in [3.8, 4) is 0 Å². The predicted molar refractivity (Wildman–Crippen MR) is 82.4 cm³/mol. The topological polar surface area (TPSA) is 32.3 Å². The van der Waals surface area contributed by atoms with Crippen LogP contribution < -0.4 is 10.2 Å². The second-order valence-electron chi connectivity index (χ2n) is 4.45. The lowest BCUT2D eigenvalue weighted by atomic mass is 10.2. The monoisotopic (exact) mass is 272 g/mol. The summed E-state index contributed by atoms with van der Waals surface area (Å²) in [7, 11) is 3.93. The lowest BCUT2D eigenvalue weighted by molar-refractivity contribution is 0.102. The molecule has 0 unspecified atom stereocenters. The Morgan fingerprint density at radius 1 is 1.11 bits per heavy atom. The summed E-state index contributed by atoms with van der Waals surface area (Å²) in [5, 5.41) is 2.88. The first-order valence-corrected chi connectivity index (χ1v) is 6.39. The van der Waals surface area contributed by atoms with Gasteiger partial charge < -0.3 is 10.2 Å². The van der Waals surface area contributed by atoms with Crippen molar-refractivity contribution in [3.05, 3.63) is 54.1 Å². The average molecular weight is 272 g/mol. The van der Waals surface area contributed by atoms with E-state index in [2.05, 4.69) is 17.9 Å². The number of benzene rings is 2. The van der Waals surface area contributed by atoms with Crippen molar-refractivity contribution in [2.75, 3.05) is 24.3 Å². The molecule has 3 nitrogen and oxygen atoms in total. The fraction of sp³-hybridized carbons (Fsp3) is 0.133. The van der Waals surface area contributed by atoms with Crippen LogP contribution in [0.5, 0.6) is 0 Å². The van der Waals surface area contributed by atoms with Crippen LogP contribution in [-0.2, 0) is 0 Å². The van der Waals surface area contributed by atoms with Crippen LogP contribution in [0, 0.1) is 0 Å². The largest absolute Gasteiger partial charge is 0.378 e. The van der Waals surface area contributed by atoms with E-state index in [1.165, 1.54) is 0 Å². The number of hydrogen-bond donors (Lipinski definition) is 2. The highest BCUT2D eigenvalue weighted by Gasteiger charge is 2.06. The molecule has 0 heterocycles. The summed E-state index contributed by atoms with van der Waals surface area (Å²) < 4.78 is 0. The molecule has 4 heteroatoms. The first kappa shape index (κ1) is 13.5. The fourth-order valence-corrected chi connectivity index (χ4v) is 1.94. The third kappa shape index (κ3) is 3.51. The smallest absolute Gasteiger partial charge is 0.255 e. The van der Waals surface area contributed by atoms with Crippen LogP contribution in [0.25, 0.3) is 0 Å². The molecule has 98 valence electrons. The number of rotatable bonds is 3. The molecule has 0 fully saturated rings. The third-order valence-electron chi connectivity index (χ3n) is 2.73. The van der Waals surface area contributed by atoms with Gasteiger partial charge in [0, 0.05) is 35.9 Å². The van der Waals surface area contributed by atoms with Gasteiger partial charge in [-0.25, -0.2) is 0 Å². The van der Waals surface area contributed by atoms with Gasteiger partial charge in [0.15, 0.2) is 0 Å². The lowest BCUT2D eigenvalue weighted by Gasteiger charge is -2.14. The summed E-state index contributed by atoms with van der Waals surface area (Å²) in [6.07, 6.45) is 0. The molecule has 0 aliphatic rings. The number of amides is 1. The van der Waals surface area contributed by atoms with E-state index in [0.717, 1.165) is 16.3 Å². The van der Waals surface area contributed by atoms with Crippen molar-refractivity contribution in [2.45, 2.75) is 4.90 Å². The Kier molecular flexibility index (Phi) is 4.12.